The van der Waals surface area contributed by atoms with E-state index in [4.69, 9.17) is 4.42 Å². The maximum atomic E-state index is 12.6. The van der Waals surface area contributed by atoms with Gasteiger partial charge in [-0.2, -0.15) is 0 Å². The average Bonchev–Trinajstić information content (AvgIpc) is 3.25. The number of urea groups is 1. The Bertz CT molecular complexity index is 945. The second-order valence-electron chi connectivity index (χ2n) is 6.98. The summed E-state index contributed by atoms with van der Waals surface area (Å²) in [7, 11) is 0. The van der Waals surface area contributed by atoms with Crippen molar-refractivity contribution in [3.8, 4) is 11.5 Å². The topological polar surface area (TPSA) is 74.5 Å². The Labute approximate surface area is 164 Å². The number of rotatable bonds is 3. The van der Waals surface area contributed by atoms with Crippen molar-refractivity contribution in [2.24, 2.45) is 0 Å². The predicted octanol–water partition coefficient (Wildman–Crippen LogP) is 3.71. The number of hydrogen-bond donors (Lipinski definition) is 1. The lowest BCUT2D eigenvalue weighted by Gasteiger charge is -2.35. The summed E-state index contributed by atoms with van der Waals surface area (Å²) in [6.45, 7) is 6.76. The van der Waals surface area contributed by atoms with Crippen LogP contribution in [0.15, 0.2) is 53.1 Å². The molecule has 1 fully saturated rings. The molecule has 1 saturated heterocycles. The highest BCUT2D eigenvalue weighted by molar-refractivity contribution is 5.90. The number of piperazine rings is 1. The fourth-order valence-electron chi connectivity index (χ4n) is 3.34. The molecule has 0 saturated carbocycles. The largest absolute Gasteiger partial charge is 0.463 e. The first-order valence-electron chi connectivity index (χ1n) is 9.36. The summed E-state index contributed by atoms with van der Waals surface area (Å²) in [6, 6.07) is 13.5. The number of amides is 2. The van der Waals surface area contributed by atoms with E-state index in [1.807, 2.05) is 55.1 Å². The molecule has 28 heavy (non-hydrogen) atoms. The fraction of sp³-hybridized carbons (Fsp3) is 0.286. The number of carbonyl (C=O) groups is 1. The number of benzene rings is 1. The molecule has 1 aromatic carbocycles. The van der Waals surface area contributed by atoms with Gasteiger partial charge in [0.2, 0.25) is 0 Å². The first kappa shape index (κ1) is 18.0. The molecule has 1 aliphatic heterocycles. The highest BCUT2D eigenvalue weighted by Gasteiger charge is 2.22. The third-order valence-corrected chi connectivity index (χ3v) is 4.94. The van der Waals surface area contributed by atoms with Crippen LogP contribution in [0.1, 0.15) is 11.1 Å². The SMILES string of the molecule is Cc1ccc(NC(=O)N2CCN(c3ccc(-c4ccco4)nn3)CC2)c(C)c1. The van der Waals surface area contributed by atoms with Crippen molar-refractivity contribution >= 4 is 17.5 Å². The third-order valence-electron chi connectivity index (χ3n) is 4.94. The van der Waals surface area contributed by atoms with Gasteiger partial charge in [-0.15, -0.1) is 10.2 Å². The number of anilines is 2. The monoisotopic (exact) mass is 377 g/mol. The first-order chi connectivity index (χ1) is 13.6. The van der Waals surface area contributed by atoms with E-state index in [1.54, 1.807) is 6.26 Å². The maximum absolute atomic E-state index is 12.6. The number of hydrogen-bond acceptors (Lipinski definition) is 5. The Balaban J connectivity index is 1.34. The molecule has 3 heterocycles. The van der Waals surface area contributed by atoms with Crippen LogP contribution in [0.25, 0.3) is 11.5 Å². The number of nitrogens with one attached hydrogen (secondary N) is 1. The molecule has 0 aliphatic carbocycles. The number of aromatic nitrogens is 2. The van der Waals surface area contributed by atoms with E-state index in [-0.39, 0.29) is 6.03 Å². The van der Waals surface area contributed by atoms with E-state index in [1.165, 1.54) is 5.56 Å². The van der Waals surface area contributed by atoms with Crippen LogP contribution in [0.2, 0.25) is 0 Å². The molecule has 1 aliphatic rings. The molecule has 144 valence electrons. The normalized spacial score (nSPS) is 14.2. The molecule has 4 rings (SSSR count). The van der Waals surface area contributed by atoms with Gasteiger partial charge in [0.05, 0.1) is 6.26 Å². The van der Waals surface area contributed by atoms with Gasteiger partial charge < -0.3 is 19.5 Å². The van der Waals surface area contributed by atoms with Crippen molar-refractivity contribution in [3.05, 3.63) is 59.9 Å². The Morgan fingerprint density at radius 3 is 2.50 bits per heavy atom. The maximum Gasteiger partial charge on any atom is 0.321 e. The molecule has 3 aromatic rings. The Kier molecular flexibility index (Phi) is 4.97. The van der Waals surface area contributed by atoms with Crippen LogP contribution < -0.4 is 10.2 Å². The summed E-state index contributed by atoms with van der Waals surface area (Å²) in [5.74, 6) is 1.51. The Morgan fingerprint density at radius 1 is 1.04 bits per heavy atom. The van der Waals surface area contributed by atoms with Gasteiger partial charge in [-0.05, 0) is 49.7 Å². The molecule has 0 radical (unpaired) electrons. The molecular weight excluding hydrogens is 354 g/mol. The van der Waals surface area contributed by atoms with Crippen molar-refractivity contribution < 1.29 is 9.21 Å². The zero-order valence-corrected chi connectivity index (χ0v) is 16.1. The molecule has 7 heteroatoms. The van der Waals surface area contributed by atoms with Crippen molar-refractivity contribution in [2.45, 2.75) is 13.8 Å². The van der Waals surface area contributed by atoms with E-state index in [0.717, 1.165) is 30.2 Å². The number of furan rings is 1. The van der Waals surface area contributed by atoms with E-state index in [9.17, 15) is 4.79 Å². The van der Waals surface area contributed by atoms with E-state index in [0.29, 0.717) is 24.5 Å². The van der Waals surface area contributed by atoms with Gasteiger partial charge >= 0.3 is 6.03 Å². The lowest BCUT2D eigenvalue weighted by Crippen LogP contribution is -2.50. The van der Waals surface area contributed by atoms with Gasteiger partial charge in [-0.25, -0.2) is 4.79 Å². The van der Waals surface area contributed by atoms with Gasteiger partial charge in [0.1, 0.15) is 5.69 Å². The van der Waals surface area contributed by atoms with Crippen LogP contribution in [0, 0.1) is 13.8 Å². The zero-order chi connectivity index (χ0) is 19.5. The van der Waals surface area contributed by atoms with Gasteiger partial charge in [0.25, 0.3) is 0 Å². The molecule has 0 unspecified atom stereocenters. The number of nitrogens with zero attached hydrogens (tertiary/aromatic N) is 4. The van der Waals surface area contributed by atoms with Gasteiger partial charge in [0, 0.05) is 31.9 Å². The first-order valence-corrected chi connectivity index (χ1v) is 9.36. The van der Waals surface area contributed by atoms with Crippen molar-refractivity contribution in [1.29, 1.82) is 0 Å². The quantitative estimate of drug-likeness (QED) is 0.753. The van der Waals surface area contributed by atoms with Crippen LogP contribution in [-0.4, -0.2) is 47.3 Å². The smallest absolute Gasteiger partial charge is 0.321 e. The molecule has 1 N–H and O–H groups in total. The highest BCUT2D eigenvalue weighted by atomic mass is 16.3. The summed E-state index contributed by atoms with van der Waals surface area (Å²) >= 11 is 0. The molecule has 2 aromatic heterocycles. The third kappa shape index (κ3) is 3.83. The summed E-state index contributed by atoms with van der Waals surface area (Å²) in [4.78, 5) is 16.6. The lowest BCUT2D eigenvalue weighted by atomic mass is 10.1. The lowest BCUT2D eigenvalue weighted by molar-refractivity contribution is 0.208. The van der Waals surface area contributed by atoms with Crippen LogP contribution >= 0.6 is 0 Å². The van der Waals surface area contributed by atoms with Crippen LogP contribution in [0.5, 0.6) is 0 Å². The standard InChI is InChI=1S/C21H23N5O2/c1-15-5-6-17(16(2)14-15)22-21(27)26-11-9-25(10-12-26)20-8-7-18(23-24-20)19-4-3-13-28-19/h3-8,13-14H,9-12H2,1-2H3,(H,22,27). The second-order valence-corrected chi connectivity index (χ2v) is 6.98. The van der Waals surface area contributed by atoms with E-state index >= 15 is 0 Å². The molecule has 0 atom stereocenters. The van der Waals surface area contributed by atoms with Crippen LogP contribution in [-0.2, 0) is 0 Å². The fourth-order valence-corrected chi connectivity index (χ4v) is 3.34. The number of aryl methyl sites for hydroxylation is 2. The summed E-state index contributed by atoms with van der Waals surface area (Å²) in [5.41, 5.74) is 3.82. The van der Waals surface area contributed by atoms with Gasteiger partial charge in [-0.3, -0.25) is 0 Å². The minimum Gasteiger partial charge on any atom is -0.463 e. The highest BCUT2D eigenvalue weighted by Crippen LogP contribution is 2.20. The van der Waals surface area contributed by atoms with Gasteiger partial charge in [0.15, 0.2) is 11.6 Å². The summed E-state index contributed by atoms with van der Waals surface area (Å²) in [6.07, 6.45) is 1.62. The van der Waals surface area contributed by atoms with Crippen molar-refractivity contribution in [1.82, 2.24) is 15.1 Å². The molecular formula is C21H23N5O2. The molecule has 0 spiro atoms. The minimum absolute atomic E-state index is 0.0640. The zero-order valence-electron chi connectivity index (χ0n) is 16.1. The van der Waals surface area contributed by atoms with Crippen molar-refractivity contribution in [2.75, 3.05) is 36.4 Å². The van der Waals surface area contributed by atoms with Crippen LogP contribution in [0.4, 0.5) is 16.3 Å². The van der Waals surface area contributed by atoms with Crippen LogP contribution in [0.3, 0.4) is 0 Å². The second kappa shape index (κ2) is 7.72. The predicted molar refractivity (Wildman–Crippen MR) is 108 cm³/mol. The van der Waals surface area contributed by atoms with E-state index < -0.39 is 0 Å². The Morgan fingerprint density at radius 2 is 1.86 bits per heavy atom. The van der Waals surface area contributed by atoms with E-state index in [2.05, 4.69) is 26.5 Å². The Hall–Kier alpha value is -3.35. The van der Waals surface area contributed by atoms with Crippen molar-refractivity contribution in [3.63, 3.8) is 0 Å². The average molecular weight is 377 g/mol. The molecule has 7 nitrogen and oxygen atoms in total. The number of carbonyl (C=O) groups excluding carboxylic acids is 1. The minimum atomic E-state index is -0.0640. The molecule has 0 bridgehead atoms. The summed E-state index contributed by atoms with van der Waals surface area (Å²) in [5, 5.41) is 11.6. The molecule has 2 amide bonds. The summed E-state index contributed by atoms with van der Waals surface area (Å²) < 4.78 is 5.34. The van der Waals surface area contributed by atoms with Gasteiger partial charge in [-0.1, -0.05) is 17.7 Å².